The zero-order chi connectivity index (χ0) is 30.5. The number of hydrogen-bond donors (Lipinski definition) is 3. The van der Waals surface area contributed by atoms with Gasteiger partial charge in [0.25, 0.3) is 5.91 Å². The van der Waals surface area contributed by atoms with Crippen LogP contribution in [0.15, 0.2) is 138 Å². The molecule has 0 spiro atoms. The van der Waals surface area contributed by atoms with Gasteiger partial charge in [0.2, 0.25) is 0 Å². The van der Waals surface area contributed by atoms with Gasteiger partial charge in [-0.05, 0) is 34.9 Å². The molecular formula is C35H31N3O5S. The Morgan fingerprint density at radius 1 is 0.818 bits per heavy atom. The third-order valence-electron chi connectivity index (χ3n) is 7.73. The van der Waals surface area contributed by atoms with Gasteiger partial charge in [-0.25, -0.2) is 4.79 Å². The molecule has 2 heterocycles. The molecule has 0 unspecified atom stereocenters. The number of thioether (sulfide) groups is 1. The van der Waals surface area contributed by atoms with E-state index in [0.29, 0.717) is 5.56 Å². The van der Waals surface area contributed by atoms with Crippen LogP contribution < -0.4 is 11.0 Å². The van der Waals surface area contributed by atoms with Crippen LogP contribution in [0, 0.1) is 0 Å². The maximum atomic E-state index is 13.4. The van der Waals surface area contributed by atoms with Gasteiger partial charge in [-0.15, -0.1) is 11.8 Å². The standard InChI is InChI=1S/C35H31N3O5S/c39-23-28-30(40)31(33(43-28)38-22-21-29(37-34(38)42)36-32(41)24-13-5-1-6-14-24)44-35(25-15-7-2-8-16-25,26-17-9-3-10-18-26)27-19-11-4-12-20-27/h1-22,28,30-31,33,39-40H,23H2,(H,36,37,41,42)/t28-,30-,31-,33-/m1/s1. The lowest BCUT2D eigenvalue weighted by Crippen LogP contribution is -2.39. The average molecular weight is 606 g/mol. The Morgan fingerprint density at radius 2 is 1.32 bits per heavy atom. The molecule has 1 aliphatic rings. The third-order valence-corrected chi connectivity index (χ3v) is 9.57. The number of aliphatic hydroxyl groups is 2. The van der Waals surface area contributed by atoms with E-state index in [1.54, 1.807) is 24.3 Å². The zero-order valence-corrected chi connectivity index (χ0v) is 24.5. The van der Waals surface area contributed by atoms with Gasteiger partial charge in [0, 0.05) is 11.8 Å². The highest BCUT2D eigenvalue weighted by Crippen LogP contribution is 2.54. The van der Waals surface area contributed by atoms with Crippen LogP contribution in [0.25, 0.3) is 0 Å². The Balaban J connectivity index is 1.42. The van der Waals surface area contributed by atoms with Crippen LogP contribution in [-0.4, -0.2) is 49.7 Å². The summed E-state index contributed by atoms with van der Waals surface area (Å²) in [5.74, 6) is -0.302. The lowest BCUT2D eigenvalue weighted by Gasteiger charge is -2.39. The minimum absolute atomic E-state index is 0.0914. The number of nitrogens with one attached hydrogen (secondary N) is 1. The van der Waals surface area contributed by atoms with E-state index in [-0.39, 0.29) is 5.82 Å². The maximum Gasteiger partial charge on any atom is 0.351 e. The molecule has 1 aromatic heterocycles. The van der Waals surface area contributed by atoms with Crippen molar-refractivity contribution in [3.05, 3.63) is 166 Å². The molecule has 4 atom stereocenters. The summed E-state index contributed by atoms with van der Waals surface area (Å²) in [5.41, 5.74) is 2.70. The molecule has 1 saturated heterocycles. The molecule has 222 valence electrons. The van der Waals surface area contributed by atoms with Crippen molar-refractivity contribution in [2.24, 2.45) is 0 Å². The highest BCUT2D eigenvalue weighted by Gasteiger charge is 2.51. The average Bonchev–Trinajstić information content (AvgIpc) is 3.39. The lowest BCUT2D eigenvalue weighted by atomic mass is 9.84. The molecule has 8 nitrogen and oxygen atoms in total. The van der Waals surface area contributed by atoms with Crippen molar-refractivity contribution in [2.75, 3.05) is 11.9 Å². The van der Waals surface area contributed by atoms with Gasteiger partial charge in [-0.2, -0.15) is 4.98 Å². The SMILES string of the molecule is O=C(Nc1ccn([C@@H]2O[C@H](CO)[C@@H](O)[C@H]2SC(c2ccccc2)(c2ccccc2)c2ccccc2)c(=O)n1)c1ccccc1. The molecule has 0 saturated carbocycles. The van der Waals surface area contributed by atoms with Gasteiger partial charge in [-0.3, -0.25) is 9.36 Å². The number of benzene rings is 4. The fourth-order valence-electron chi connectivity index (χ4n) is 5.60. The number of amides is 1. The van der Waals surface area contributed by atoms with Crippen molar-refractivity contribution < 1.29 is 19.7 Å². The Kier molecular flexibility index (Phi) is 8.72. The van der Waals surface area contributed by atoms with Crippen LogP contribution in [0.1, 0.15) is 33.3 Å². The smallest absolute Gasteiger partial charge is 0.351 e. The molecule has 0 bridgehead atoms. The first kappa shape index (κ1) is 29.5. The second-order valence-corrected chi connectivity index (χ2v) is 11.8. The first-order valence-corrected chi connectivity index (χ1v) is 15.1. The summed E-state index contributed by atoms with van der Waals surface area (Å²) in [6, 6.07) is 40.2. The van der Waals surface area contributed by atoms with E-state index in [4.69, 9.17) is 4.74 Å². The highest BCUT2D eigenvalue weighted by molar-refractivity contribution is 8.01. The van der Waals surface area contributed by atoms with E-state index in [1.165, 1.54) is 28.6 Å². The molecule has 5 aromatic rings. The number of aromatic nitrogens is 2. The fourth-order valence-corrected chi connectivity index (χ4v) is 7.45. The Morgan fingerprint density at radius 3 is 1.80 bits per heavy atom. The van der Waals surface area contributed by atoms with Gasteiger partial charge >= 0.3 is 5.69 Å². The Hall–Kier alpha value is -4.54. The summed E-state index contributed by atoms with van der Waals surface area (Å²) in [4.78, 5) is 30.2. The Labute approximate surface area is 259 Å². The summed E-state index contributed by atoms with van der Waals surface area (Å²) in [6.45, 7) is -0.433. The minimum atomic E-state index is -1.12. The molecule has 44 heavy (non-hydrogen) atoms. The van der Waals surface area contributed by atoms with Gasteiger partial charge in [-0.1, -0.05) is 109 Å². The summed E-state index contributed by atoms with van der Waals surface area (Å²) in [7, 11) is 0. The minimum Gasteiger partial charge on any atom is -0.394 e. The van der Waals surface area contributed by atoms with Crippen LogP contribution >= 0.6 is 11.8 Å². The number of aliphatic hydroxyl groups excluding tert-OH is 2. The second kappa shape index (κ2) is 13.0. The zero-order valence-electron chi connectivity index (χ0n) is 23.6. The van der Waals surface area contributed by atoms with Crippen molar-refractivity contribution in [2.45, 2.75) is 28.4 Å². The first-order chi connectivity index (χ1) is 21.5. The molecule has 9 heteroatoms. The fraction of sp³-hybridized carbons (Fsp3) is 0.171. The molecule has 3 N–H and O–H groups in total. The van der Waals surface area contributed by atoms with Crippen LogP contribution in [0.4, 0.5) is 5.82 Å². The van der Waals surface area contributed by atoms with E-state index < -0.39 is 46.6 Å². The van der Waals surface area contributed by atoms with Gasteiger partial charge in [0.1, 0.15) is 11.9 Å². The number of nitrogens with zero attached hydrogens (tertiary/aromatic N) is 2. The number of carbonyl (C=O) groups excluding carboxylic acids is 1. The van der Waals surface area contributed by atoms with Gasteiger partial charge < -0.3 is 20.3 Å². The summed E-state index contributed by atoms with van der Waals surface area (Å²) < 4.78 is 6.65. The van der Waals surface area contributed by atoms with Crippen molar-refractivity contribution in [1.82, 2.24) is 9.55 Å². The van der Waals surface area contributed by atoms with Gasteiger partial charge in [0.05, 0.1) is 22.7 Å². The molecule has 6 rings (SSSR count). The van der Waals surface area contributed by atoms with Crippen molar-refractivity contribution in [1.29, 1.82) is 0 Å². The molecule has 4 aromatic carbocycles. The molecular weight excluding hydrogens is 574 g/mol. The predicted molar refractivity (Wildman–Crippen MR) is 170 cm³/mol. The molecule has 1 fully saturated rings. The molecule has 0 aliphatic carbocycles. The van der Waals surface area contributed by atoms with Crippen molar-refractivity contribution >= 4 is 23.5 Å². The van der Waals surface area contributed by atoms with Crippen LogP contribution in [0.3, 0.4) is 0 Å². The van der Waals surface area contributed by atoms with Crippen LogP contribution in [-0.2, 0) is 9.48 Å². The third kappa shape index (κ3) is 5.70. The van der Waals surface area contributed by atoms with Gasteiger partial charge in [0.15, 0.2) is 6.23 Å². The molecule has 1 amide bonds. The summed E-state index contributed by atoms with van der Waals surface area (Å²) >= 11 is 1.47. The van der Waals surface area contributed by atoms with Crippen LogP contribution in [0.2, 0.25) is 0 Å². The number of rotatable bonds is 9. The normalized spacial score (nSPS) is 19.9. The van der Waals surface area contributed by atoms with E-state index in [2.05, 4.69) is 10.3 Å². The number of anilines is 1. The number of hydrogen-bond acceptors (Lipinski definition) is 7. The van der Waals surface area contributed by atoms with Crippen molar-refractivity contribution in [3.8, 4) is 0 Å². The molecule has 1 aliphatic heterocycles. The first-order valence-electron chi connectivity index (χ1n) is 14.3. The lowest BCUT2D eigenvalue weighted by molar-refractivity contribution is -0.0456. The highest BCUT2D eigenvalue weighted by atomic mass is 32.2. The summed E-state index contributed by atoms with van der Waals surface area (Å²) in [5, 5.41) is 23.7. The van der Waals surface area contributed by atoms with E-state index in [9.17, 15) is 19.8 Å². The molecule has 0 radical (unpaired) electrons. The summed E-state index contributed by atoms with van der Waals surface area (Å²) in [6.07, 6.45) is -1.52. The topological polar surface area (TPSA) is 114 Å². The number of carbonyl (C=O) groups is 1. The number of ether oxygens (including phenoxy) is 1. The van der Waals surface area contributed by atoms with Crippen molar-refractivity contribution in [3.63, 3.8) is 0 Å². The second-order valence-electron chi connectivity index (χ2n) is 10.4. The largest absolute Gasteiger partial charge is 0.394 e. The predicted octanol–water partition coefficient (Wildman–Crippen LogP) is 4.84. The monoisotopic (exact) mass is 605 g/mol. The van der Waals surface area contributed by atoms with E-state index in [1.807, 2.05) is 97.1 Å². The van der Waals surface area contributed by atoms with Crippen LogP contribution in [0.5, 0.6) is 0 Å². The Bertz CT molecular complexity index is 1660. The quantitative estimate of drug-likeness (QED) is 0.206. The van der Waals surface area contributed by atoms with E-state index in [0.717, 1.165) is 16.7 Å². The maximum absolute atomic E-state index is 13.4. The van der Waals surface area contributed by atoms with E-state index >= 15 is 0 Å².